The van der Waals surface area contributed by atoms with Gasteiger partial charge >= 0.3 is 5.69 Å². The second-order valence-corrected chi connectivity index (χ2v) is 3.74. The average molecular weight is 272 g/mol. The molecule has 0 radical (unpaired) electrons. The summed E-state index contributed by atoms with van der Waals surface area (Å²) >= 11 is 0. The number of nitro benzene ring substituents is 1. The number of benzene rings is 1. The normalized spacial score (nSPS) is 11.9. The summed E-state index contributed by atoms with van der Waals surface area (Å²) in [6, 6.07) is 2.81. The standard InChI is InChI=1S/C11H13FN2O5/c1-19-6-8(15)5-13-11(16)7-2-3-9(12)10(4-7)14(17)18/h2-4,8,15H,5-6H2,1H3,(H,13,16). The number of amides is 1. The highest BCUT2D eigenvalue weighted by Crippen LogP contribution is 2.18. The monoisotopic (exact) mass is 272 g/mol. The van der Waals surface area contributed by atoms with Crippen molar-refractivity contribution >= 4 is 11.6 Å². The third-order valence-electron chi connectivity index (χ3n) is 2.26. The molecule has 0 saturated heterocycles. The molecule has 0 spiro atoms. The largest absolute Gasteiger partial charge is 0.389 e. The first-order valence-electron chi connectivity index (χ1n) is 5.35. The fraction of sp³-hybridized carbons (Fsp3) is 0.364. The van der Waals surface area contributed by atoms with Crippen LogP contribution in [0.1, 0.15) is 10.4 Å². The highest BCUT2D eigenvalue weighted by molar-refractivity contribution is 5.94. The topological polar surface area (TPSA) is 102 Å². The van der Waals surface area contributed by atoms with E-state index in [-0.39, 0.29) is 18.7 Å². The van der Waals surface area contributed by atoms with Crippen LogP contribution in [0.4, 0.5) is 10.1 Å². The van der Waals surface area contributed by atoms with Crippen LogP contribution in [0, 0.1) is 15.9 Å². The van der Waals surface area contributed by atoms with Crippen LogP contribution < -0.4 is 5.32 Å². The molecule has 1 atom stereocenters. The number of methoxy groups -OCH3 is 1. The molecule has 0 aliphatic carbocycles. The van der Waals surface area contributed by atoms with E-state index < -0.39 is 28.4 Å². The van der Waals surface area contributed by atoms with Crippen molar-refractivity contribution in [1.29, 1.82) is 0 Å². The molecule has 0 aliphatic heterocycles. The molecule has 0 aromatic heterocycles. The lowest BCUT2D eigenvalue weighted by molar-refractivity contribution is -0.387. The molecule has 1 unspecified atom stereocenters. The molecule has 1 aromatic rings. The number of halogens is 1. The number of rotatable bonds is 6. The van der Waals surface area contributed by atoms with Crippen molar-refractivity contribution in [3.05, 3.63) is 39.7 Å². The van der Waals surface area contributed by atoms with Crippen molar-refractivity contribution in [2.75, 3.05) is 20.3 Å². The van der Waals surface area contributed by atoms with Crippen LogP contribution in [0.2, 0.25) is 0 Å². The van der Waals surface area contributed by atoms with E-state index in [1.54, 1.807) is 0 Å². The van der Waals surface area contributed by atoms with Gasteiger partial charge in [-0.2, -0.15) is 4.39 Å². The molecule has 8 heteroatoms. The number of aliphatic hydroxyl groups excluding tert-OH is 1. The van der Waals surface area contributed by atoms with Crippen molar-refractivity contribution in [3.63, 3.8) is 0 Å². The van der Waals surface area contributed by atoms with E-state index in [0.717, 1.165) is 18.2 Å². The fourth-order valence-electron chi connectivity index (χ4n) is 1.36. The molecule has 0 heterocycles. The first-order chi connectivity index (χ1) is 8.95. The van der Waals surface area contributed by atoms with Crippen LogP contribution in [0.5, 0.6) is 0 Å². The molecule has 1 amide bonds. The third kappa shape index (κ3) is 4.27. The van der Waals surface area contributed by atoms with Crippen LogP contribution in [0.3, 0.4) is 0 Å². The van der Waals surface area contributed by atoms with E-state index in [9.17, 15) is 24.4 Å². The van der Waals surface area contributed by atoms with E-state index >= 15 is 0 Å². The summed E-state index contributed by atoms with van der Waals surface area (Å²) in [6.07, 6.45) is -0.885. The van der Waals surface area contributed by atoms with E-state index in [0.29, 0.717) is 0 Å². The van der Waals surface area contributed by atoms with Crippen LogP contribution in [-0.4, -0.2) is 42.3 Å². The van der Waals surface area contributed by atoms with Crippen LogP contribution in [0.15, 0.2) is 18.2 Å². The van der Waals surface area contributed by atoms with E-state index in [1.165, 1.54) is 7.11 Å². The van der Waals surface area contributed by atoms with E-state index in [4.69, 9.17) is 0 Å². The maximum Gasteiger partial charge on any atom is 0.305 e. The van der Waals surface area contributed by atoms with Gasteiger partial charge in [0.25, 0.3) is 5.91 Å². The predicted octanol–water partition coefficient (Wildman–Crippen LogP) is 0.471. The third-order valence-corrected chi connectivity index (χ3v) is 2.26. The van der Waals surface area contributed by atoms with Crippen LogP contribution >= 0.6 is 0 Å². The molecular formula is C11H13FN2O5. The Balaban J connectivity index is 2.72. The lowest BCUT2D eigenvalue weighted by Crippen LogP contribution is -2.34. The van der Waals surface area contributed by atoms with Crippen molar-refractivity contribution in [1.82, 2.24) is 5.32 Å². The molecule has 1 aromatic carbocycles. The minimum absolute atomic E-state index is 0.0455. The van der Waals surface area contributed by atoms with Gasteiger partial charge in [-0.05, 0) is 12.1 Å². The summed E-state index contributed by atoms with van der Waals surface area (Å²) in [5, 5.41) is 22.2. The Bertz CT molecular complexity index is 480. The first kappa shape index (κ1) is 15.0. The van der Waals surface area contributed by atoms with Gasteiger partial charge in [-0.25, -0.2) is 0 Å². The summed E-state index contributed by atoms with van der Waals surface area (Å²) in [4.78, 5) is 21.2. The Morgan fingerprint density at radius 1 is 1.63 bits per heavy atom. The lowest BCUT2D eigenvalue weighted by atomic mass is 10.2. The molecule has 0 saturated carbocycles. The number of nitrogens with one attached hydrogen (secondary N) is 1. The molecule has 2 N–H and O–H groups in total. The quantitative estimate of drug-likeness (QED) is 0.579. The van der Waals surface area contributed by atoms with Gasteiger partial charge in [-0.15, -0.1) is 0 Å². The van der Waals surface area contributed by atoms with Gasteiger partial charge in [0, 0.05) is 25.3 Å². The summed E-state index contributed by atoms with van der Waals surface area (Å²) in [7, 11) is 1.40. The summed E-state index contributed by atoms with van der Waals surface area (Å²) in [5.74, 6) is -1.65. The minimum Gasteiger partial charge on any atom is -0.389 e. The van der Waals surface area contributed by atoms with Crippen molar-refractivity contribution < 1.29 is 24.0 Å². The molecular weight excluding hydrogens is 259 g/mol. The molecule has 1 rings (SSSR count). The molecule has 0 bridgehead atoms. The number of ether oxygens (including phenoxy) is 1. The number of nitro groups is 1. The van der Waals surface area contributed by atoms with Crippen LogP contribution in [0.25, 0.3) is 0 Å². The Kier molecular flexibility index (Phi) is 5.34. The molecule has 0 aliphatic rings. The Hall–Kier alpha value is -2.06. The number of hydrogen-bond acceptors (Lipinski definition) is 5. The summed E-state index contributed by atoms with van der Waals surface area (Å²) < 4.78 is 17.7. The average Bonchev–Trinajstić information content (AvgIpc) is 2.36. The van der Waals surface area contributed by atoms with Gasteiger partial charge in [0.15, 0.2) is 0 Å². The van der Waals surface area contributed by atoms with E-state index in [1.807, 2.05) is 0 Å². The van der Waals surface area contributed by atoms with Gasteiger partial charge < -0.3 is 15.2 Å². The number of carbonyl (C=O) groups excluding carboxylic acids is 1. The highest BCUT2D eigenvalue weighted by atomic mass is 19.1. The summed E-state index contributed by atoms with van der Waals surface area (Å²) in [6.45, 7) is -0.0261. The van der Waals surface area contributed by atoms with Crippen molar-refractivity contribution in [2.24, 2.45) is 0 Å². The number of hydrogen-bond donors (Lipinski definition) is 2. The molecule has 7 nitrogen and oxygen atoms in total. The lowest BCUT2D eigenvalue weighted by Gasteiger charge is -2.10. The fourth-order valence-corrected chi connectivity index (χ4v) is 1.36. The maximum absolute atomic E-state index is 13.1. The van der Waals surface area contributed by atoms with Gasteiger partial charge in [0.05, 0.1) is 17.6 Å². The molecule has 0 fully saturated rings. The smallest absolute Gasteiger partial charge is 0.305 e. The highest BCUT2D eigenvalue weighted by Gasteiger charge is 2.17. The first-order valence-corrected chi connectivity index (χ1v) is 5.35. The van der Waals surface area contributed by atoms with Gasteiger partial charge in [0.2, 0.25) is 5.82 Å². The molecule has 104 valence electrons. The van der Waals surface area contributed by atoms with Crippen molar-refractivity contribution in [3.8, 4) is 0 Å². The number of aliphatic hydroxyl groups is 1. The zero-order valence-electron chi connectivity index (χ0n) is 10.1. The van der Waals surface area contributed by atoms with Gasteiger partial charge in [0.1, 0.15) is 0 Å². The predicted molar refractivity (Wildman–Crippen MR) is 63.3 cm³/mol. The van der Waals surface area contributed by atoms with Crippen LogP contribution in [-0.2, 0) is 4.74 Å². The van der Waals surface area contributed by atoms with E-state index in [2.05, 4.69) is 10.1 Å². The van der Waals surface area contributed by atoms with Gasteiger partial charge in [-0.1, -0.05) is 0 Å². The second-order valence-electron chi connectivity index (χ2n) is 3.74. The zero-order chi connectivity index (χ0) is 14.4. The van der Waals surface area contributed by atoms with Crippen molar-refractivity contribution in [2.45, 2.75) is 6.10 Å². The Morgan fingerprint density at radius 2 is 2.32 bits per heavy atom. The maximum atomic E-state index is 13.1. The van der Waals surface area contributed by atoms with Gasteiger partial charge in [-0.3, -0.25) is 14.9 Å². The summed E-state index contributed by atoms with van der Waals surface area (Å²) in [5.41, 5.74) is -0.831. The number of carbonyl (C=O) groups is 1. The Morgan fingerprint density at radius 3 is 2.89 bits per heavy atom. The number of nitrogens with zero attached hydrogens (tertiary/aromatic N) is 1. The molecule has 19 heavy (non-hydrogen) atoms. The minimum atomic E-state index is -1.01. The second kappa shape index (κ2) is 6.76. The zero-order valence-corrected chi connectivity index (χ0v) is 10.1. The SMILES string of the molecule is COCC(O)CNC(=O)c1ccc(F)c([N+](=O)[O-])c1. The Labute approximate surface area is 108 Å².